The van der Waals surface area contributed by atoms with Crippen LogP contribution in [0.25, 0.3) is 0 Å². The summed E-state index contributed by atoms with van der Waals surface area (Å²) in [5.74, 6) is -2.09. The van der Waals surface area contributed by atoms with E-state index in [2.05, 4.69) is 10.1 Å². The van der Waals surface area contributed by atoms with Crippen LogP contribution < -0.4 is 9.62 Å². The number of carbonyl (C=O) groups excluding carboxylic acids is 3. The smallest absolute Gasteiger partial charge is 0.339 e. The van der Waals surface area contributed by atoms with Crippen molar-refractivity contribution >= 4 is 39.2 Å². The molecule has 0 saturated heterocycles. The first-order chi connectivity index (χ1) is 16.2. The van der Waals surface area contributed by atoms with Crippen molar-refractivity contribution in [1.29, 1.82) is 0 Å². The molecule has 0 fully saturated rings. The molecular weight excluding hydrogens is 460 g/mol. The molecule has 0 saturated carbocycles. The fraction of sp³-hybridized carbons (Fsp3) is 0.125. The lowest BCUT2D eigenvalue weighted by Crippen LogP contribution is -2.26. The maximum Gasteiger partial charge on any atom is 0.339 e. The first kappa shape index (κ1) is 24.5. The number of methoxy groups -OCH3 is 1. The Morgan fingerprint density at radius 1 is 0.853 bits per heavy atom. The van der Waals surface area contributed by atoms with E-state index in [1.807, 2.05) is 0 Å². The number of ether oxygens (including phenoxy) is 2. The van der Waals surface area contributed by atoms with Gasteiger partial charge in [0.05, 0.1) is 34.5 Å². The van der Waals surface area contributed by atoms with Gasteiger partial charge in [0.2, 0.25) is 0 Å². The highest BCUT2D eigenvalue weighted by Gasteiger charge is 2.22. The minimum atomic E-state index is -3.83. The summed E-state index contributed by atoms with van der Waals surface area (Å²) in [6, 6.07) is 20.0. The molecule has 0 spiro atoms. The number of esters is 2. The number of carbonyl (C=O) groups is 3. The highest BCUT2D eigenvalue weighted by atomic mass is 32.2. The van der Waals surface area contributed by atoms with Crippen molar-refractivity contribution < 1.29 is 32.3 Å². The van der Waals surface area contributed by atoms with Gasteiger partial charge in [-0.3, -0.25) is 9.10 Å². The molecule has 3 aromatic rings. The molecule has 34 heavy (non-hydrogen) atoms. The fourth-order valence-electron chi connectivity index (χ4n) is 2.98. The van der Waals surface area contributed by atoms with Crippen LogP contribution >= 0.6 is 0 Å². The zero-order chi connectivity index (χ0) is 24.7. The fourth-order valence-corrected chi connectivity index (χ4v) is 4.17. The number of hydrogen-bond acceptors (Lipinski definition) is 7. The Balaban J connectivity index is 1.62. The third-order valence-corrected chi connectivity index (χ3v) is 6.61. The van der Waals surface area contributed by atoms with E-state index in [9.17, 15) is 22.8 Å². The summed E-state index contributed by atoms with van der Waals surface area (Å²) < 4.78 is 36.5. The van der Waals surface area contributed by atoms with E-state index in [-0.39, 0.29) is 21.7 Å². The molecule has 10 heteroatoms. The Kier molecular flexibility index (Phi) is 7.64. The van der Waals surface area contributed by atoms with Gasteiger partial charge >= 0.3 is 11.9 Å². The van der Waals surface area contributed by atoms with Crippen LogP contribution in [0.3, 0.4) is 0 Å². The second-order valence-electron chi connectivity index (χ2n) is 6.99. The molecule has 3 aromatic carbocycles. The minimum absolute atomic E-state index is 0.00689. The standard InChI is InChI=1S/C24H22N2O7S/c1-26(18-8-4-3-5-9-18)34(30,31)19-14-12-17(13-15-19)23(28)33-16-22(27)25-21-11-7-6-10-20(21)24(29)32-2/h3-15H,16H2,1-2H3,(H,25,27). The highest BCUT2D eigenvalue weighted by molar-refractivity contribution is 7.92. The monoisotopic (exact) mass is 482 g/mol. The number of nitrogens with one attached hydrogen (secondary N) is 1. The van der Waals surface area contributed by atoms with Crippen LogP contribution in [-0.2, 0) is 24.3 Å². The second kappa shape index (κ2) is 10.6. The SMILES string of the molecule is COC(=O)c1ccccc1NC(=O)COC(=O)c1ccc(S(=O)(=O)N(C)c2ccccc2)cc1. The number of para-hydroxylation sites is 2. The molecule has 1 N–H and O–H groups in total. The van der Waals surface area contributed by atoms with Gasteiger partial charge in [0.25, 0.3) is 15.9 Å². The van der Waals surface area contributed by atoms with Gasteiger partial charge in [-0.05, 0) is 48.5 Å². The topological polar surface area (TPSA) is 119 Å². The van der Waals surface area contributed by atoms with E-state index < -0.39 is 34.5 Å². The van der Waals surface area contributed by atoms with Crippen LogP contribution in [0.15, 0.2) is 83.8 Å². The number of hydrogen-bond donors (Lipinski definition) is 1. The molecule has 9 nitrogen and oxygen atoms in total. The van der Waals surface area contributed by atoms with E-state index >= 15 is 0 Å². The normalized spacial score (nSPS) is 10.8. The lowest BCUT2D eigenvalue weighted by molar-refractivity contribution is -0.119. The summed E-state index contributed by atoms with van der Waals surface area (Å²) in [5, 5.41) is 2.49. The zero-order valence-corrected chi connectivity index (χ0v) is 19.2. The predicted molar refractivity (Wildman–Crippen MR) is 125 cm³/mol. The minimum Gasteiger partial charge on any atom is -0.465 e. The Labute approximate surface area is 197 Å². The zero-order valence-electron chi connectivity index (χ0n) is 18.4. The van der Waals surface area contributed by atoms with Crippen LogP contribution in [-0.4, -0.2) is 47.0 Å². The Morgan fingerprint density at radius 2 is 1.47 bits per heavy atom. The summed E-state index contributed by atoms with van der Waals surface area (Å²) in [6.07, 6.45) is 0. The van der Waals surface area contributed by atoms with E-state index in [0.29, 0.717) is 5.69 Å². The number of rotatable bonds is 8. The van der Waals surface area contributed by atoms with Crippen molar-refractivity contribution in [2.24, 2.45) is 0 Å². The van der Waals surface area contributed by atoms with E-state index in [1.165, 1.54) is 50.6 Å². The molecule has 0 aromatic heterocycles. The Bertz CT molecular complexity index is 1290. The van der Waals surface area contributed by atoms with E-state index in [4.69, 9.17) is 4.74 Å². The van der Waals surface area contributed by atoms with E-state index in [0.717, 1.165) is 4.31 Å². The van der Waals surface area contributed by atoms with Gasteiger partial charge in [0, 0.05) is 7.05 Å². The number of amides is 1. The van der Waals surface area contributed by atoms with Gasteiger partial charge in [0.15, 0.2) is 6.61 Å². The Morgan fingerprint density at radius 3 is 2.12 bits per heavy atom. The lowest BCUT2D eigenvalue weighted by Gasteiger charge is -2.19. The first-order valence-corrected chi connectivity index (χ1v) is 11.5. The third kappa shape index (κ3) is 5.59. The molecule has 0 aliphatic carbocycles. The average Bonchev–Trinajstić information content (AvgIpc) is 2.87. The molecule has 0 heterocycles. The number of anilines is 2. The second-order valence-corrected chi connectivity index (χ2v) is 8.96. The molecule has 0 aliphatic heterocycles. The van der Waals surface area contributed by atoms with Gasteiger partial charge in [-0.2, -0.15) is 0 Å². The van der Waals surface area contributed by atoms with E-state index in [1.54, 1.807) is 42.5 Å². The molecule has 1 amide bonds. The first-order valence-electron chi connectivity index (χ1n) is 10.0. The van der Waals surface area contributed by atoms with Gasteiger partial charge in [-0.15, -0.1) is 0 Å². The molecule has 0 unspecified atom stereocenters. The number of benzene rings is 3. The Hall–Kier alpha value is -4.18. The van der Waals surface area contributed by atoms with Crippen LogP contribution in [0.1, 0.15) is 20.7 Å². The molecule has 0 bridgehead atoms. The van der Waals surface area contributed by atoms with Crippen LogP contribution in [0.4, 0.5) is 11.4 Å². The van der Waals surface area contributed by atoms with Gasteiger partial charge in [-0.25, -0.2) is 18.0 Å². The third-order valence-electron chi connectivity index (χ3n) is 4.81. The maximum absolute atomic E-state index is 12.8. The van der Waals surface area contributed by atoms with Crippen LogP contribution in [0.5, 0.6) is 0 Å². The van der Waals surface area contributed by atoms with Crippen LogP contribution in [0.2, 0.25) is 0 Å². The molecule has 3 rings (SSSR count). The van der Waals surface area contributed by atoms with Crippen molar-refractivity contribution in [2.45, 2.75) is 4.90 Å². The quantitative estimate of drug-likeness (QED) is 0.490. The van der Waals surface area contributed by atoms with Crippen molar-refractivity contribution in [3.8, 4) is 0 Å². The van der Waals surface area contributed by atoms with Crippen molar-refractivity contribution in [1.82, 2.24) is 0 Å². The van der Waals surface area contributed by atoms with Crippen molar-refractivity contribution in [3.05, 3.63) is 90.0 Å². The summed E-state index contributed by atoms with van der Waals surface area (Å²) in [7, 11) is -1.17. The average molecular weight is 483 g/mol. The van der Waals surface area contributed by atoms with Crippen LogP contribution in [0, 0.1) is 0 Å². The van der Waals surface area contributed by atoms with Gasteiger partial charge in [-0.1, -0.05) is 30.3 Å². The van der Waals surface area contributed by atoms with Gasteiger partial charge in [0.1, 0.15) is 0 Å². The molecule has 0 aliphatic rings. The summed E-state index contributed by atoms with van der Waals surface area (Å²) in [5.41, 5.74) is 0.935. The molecule has 176 valence electrons. The van der Waals surface area contributed by atoms with Crippen molar-refractivity contribution in [2.75, 3.05) is 30.4 Å². The largest absolute Gasteiger partial charge is 0.465 e. The van der Waals surface area contributed by atoms with Crippen molar-refractivity contribution in [3.63, 3.8) is 0 Å². The number of nitrogens with zero attached hydrogens (tertiary/aromatic N) is 1. The molecule has 0 atom stereocenters. The summed E-state index contributed by atoms with van der Waals surface area (Å²) in [4.78, 5) is 36.3. The van der Waals surface area contributed by atoms with Gasteiger partial charge < -0.3 is 14.8 Å². The number of sulfonamides is 1. The summed E-state index contributed by atoms with van der Waals surface area (Å²) in [6.45, 7) is -0.606. The molecular formula is C24H22N2O7S. The maximum atomic E-state index is 12.8. The predicted octanol–water partition coefficient (Wildman–Crippen LogP) is 3.09. The highest BCUT2D eigenvalue weighted by Crippen LogP contribution is 2.22. The molecule has 0 radical (unpaired) electrons. The summed E-state index contributed by atoms with van der Waals surface area (Å²) >= 11 is 0. The lowest BCUT2D eigenvalue weighted by atomic mass is 10.2.